The number of hydrogen-bond acceptors (Lipinski definition) is 3. The van der Waals surface area contributed by atoms with Crippen LogP contribution < -0.4 is 4.90 Å². The number of aliphatic hydroxyl groups is 1. The summed E-state index contributed by atoms with van der Waals surface area (Å²) in [5.41, 5.74) is 2.31. The average Bonchev–Trinajstić information content (AvgIpc) is 2.42. The number of nitrogens with zero attached hydrogens (tertiary/aromatic N) is 2. The molecule has 3 nitrogen and oxygen atoms in total. The monoisotopic (exact) mass is 236 g/mol. The molecule has 1 N–H and O–H groups in total. The molecule has 0 bridgehead atoms. The van der Waals surface area contributed by atoms with E-state index in [-0.39, 0.29) is 6.10 Å². The Kier molecular flexibility index (Phi) is 5.98. The third-order valence-corrected chi connectivity index (χ3v) is 3.00. The highest BCUT2D eigenvalue weighted by atomic mass is 16.3. The second kappa shape index (κ2) is 7.28. The van der Waals surface area contributed by atoms with Crippen LogP contribution in [0.4, 0.5) is 5.69 Å². The van der Waals surface area contributed by atoms with Crippen LogP contribution in [0.15, 0.2) is 18.3 Å². The van der Waals surface area contributed by atoms with Gasteiger partial charge in [-0.2, -0.15) is 0 Å². The topological polar surface area (TPSA) is 36.4 Å². The van der Waals surface area contributed by atoms with E-state index in [9.17, 15) is 5.11 Å². The molecular weight excluding hydrogens is 212 g/mol. The molecule has 0 saturated carbocycles. The highest BCUT2D eigenvalue weighted by Gasteiger charge is 2.17. The normalized spacial score (nSPS) is 16.4. The molecule has 1 saturated heterocycles. The first kappa shape index (κ1) is 14.0. The molecule has 2 heterocycles. The predicted octanol–water partition coefficient (Wildman–Crippen LogP) is 2.63. The van der Waals surface area contributed by atoms with E-state index in [1.807, 2.05) is 20.0 Å². The van der Waals surface area contributed by atoms with Crippen molar-refractivity contribution in [2.75, 3.05) is 18.0 Å². The van der Waals surface area contributed by atoms with Gasteiger partial charge in [0.1, 0.15) is 0 Å². The molecule has 0 atom stereocenters. The largest absolute Gasteiger partial charge is 0.393 e. The zero-order valence-corrected chi connectivity index (χ0v) is 11.2. The maximum atomic E-state index is 9.41. The Labute approximate surface area is 104 Å². The highest BCUT2D eigenvalue weighted by molar-refractivity contribution is 5.44. The van der Waals surface area contributed by atoms with E-state index in [0.717, 1.165) is 38.0 Å². The van der Waals surface area contributed by atoms with Crippen molar-refractivity contribution in [2.24, 2.45) is 0 Å². The van der Waals surface area contributed by atoms with Gasteiger partial charge in [-0.05, 0) is 31.4 Å². The number of anilines is 1. The SMILES string of the molecule is CC.CCc1ccc(N2CCC(O)CC2)cn1. The standard InChI is InChI=1S/C12H18N2O.C2H6/c1-2-10-3-4-11(9-13-10)14-7-5-12(15)6-8-14;1-2/h3-4,9,12,15H,2,5-8H2,1H3;1-2H3. The number of rotatable bonds is 2. The van der Waals surface area contributed by atoms with Crippen molar-refractivity contribution >= 4 is 5.69 Å². The fraction of sp³-hybridized carbons (Fsp3) is 0.643. The summed E-state index contributed by atoms with van der Waals surface area (Å²) >= 11 is 0. The van der Waals surface area contributed by atoms with Gasteiger partial charge in [0, 0.05) is 18.8 Å². The minimum absolute atomic E-state index is 0.107. The number of pyridine rings is 1. The van der Waals surface area contributed by atoms with Crippen molar-refractivity contribution in [3.63, 3.8) is 0 Å². The van der Waals surface area contributed by atoms with Gasteiger partial charge in [0.15, 0.2) is 0 Å². The molecule has 17 heavy (non-hydrogen) atoms. The van der Waals surface area contributed by atoms with Crippen molar-refractivity contribution in [1.82, 2.24) is 4.98 Å². The average molecular weight is 236 g/mol. The van der Waals surface area contributed by atoms with Gasteiger partial charge in [0.25, 0.3) is 0 Å². The summed E-state index contributed by atoms with van der Waals surface area (Å²) in [6.07, 6.45) is 4.56. The van der Waals surface area contributed by atoms with E-state index >= 15 is 0 Å². The number of hydrogen-bond donors (Lipinski definition) is 1. The summed E-state index contributed by atoms with van der Waals surface area (Å²) in [5.74, 6) is 0. The Hall–Kier alpha value is -1.09. The number of piperidine rings is 1. The molecule has 1 aromatic heterocycles. The van der Waals surface area contributed by atoms with Gasteiger partial charge in [0.2, 0.25) is 0 Å². The van der Waals surface area contributed by atoms with E-state index in [1.54, 1.807) is 0 Å². The molecule has 0 aliphatic carbocycles. The van der Waals surface area contributed by atoms with Crippen LogP contribution >= 0.6 is 0 Å². The van der Waals surface area contributed by atoms with Gasteiger partial charge < -0.3 is 10.0 Å². The molecule has 1 aliphatic rings. The van der Waals surface area contributed by atoms with Crippen LogP contribution in [0.2, 0.25) is 0 Å². The first-order valence-electron chi connectivity index (χ1n) is 6.67. The zero-order valence-electron chi connectivity index (χ0n) is 11.2. The lowest BCUT2D eigenvalue weighted by Gasteiger charge is -2.31. The quantitative estimate of drug-likeness (QED) is 0.857. The van der Waals surface area contributed by atoms with E-state index in [0.29, 0.717) is 0 Å². The molecule has 1 fully saturated rings. The van der Waals surface area contributed by atoms with Crippen LogP contribution in [-0.2, 0) is 6.42 Å². The van der Waals surface area contributed by atoms with E-state index < -0.39 is 0 Å². The minimum Gasteiger partial charge on any atom is -0.393 e. The Morgan fingerprint density at radius 3 is 2.41 bits per heavy atom. The Balaban J connectivity index is 0.000000686. The van der Waals surface area contributed by atoms with E-state index in [1.165, 1.54) is 5.69 Å². The molecule has 3 heteroatoms. The lowest BCUT2D eigenvalue weighted by Crippen LogP contribution is -2.35. The van der Waals surface area contributed by atoms with Gasteiger partial charge >= 0.3 is 0 Å². The zero-order chi connectivity index (χ0) is 12.7. The molecular formula is C14H24N2O. The predicted molar refractivity (Wildman–Crippen MR) is 72.4 cm³/mol. The molecule has 0 aromatic carbocycles. The van der Waals surface area contributed by atoms with Crippen LogP contribution in [0.25, 0.3) is 0 Å². The first-order valence-corrected chi connectivity index (χ1v) is 6.67. The Morgan fingerprint density at radius 2 is 1.94 bits per heavy atom. The Morgan fingerprint density at radius 1 is 1.29 bits per heavy atom. The maximum absolute atomic E-state index is 9.41. The molecule has 0 unspecified atom stereocenters. The van der Waals surface area contributed by atoms with Gasteiger partial charge in [-0.15, -0.1) is 0 Å². The second-order valence-electron chi connectivity index (χ2n) is 4.08. The fourth-order valence-corrected chi connectivity index (χ4v) is 1.94. The fourth-order valence-electron chi connectivity index (χ4n) is 1.94. The van der Waals surface area contributed by atoms with Gasteiger partial charge in [0.05, 0.1) is 18.0 Å². The van der Waals surface area contributed by atoms with Crippen LogP contribution in [0.3, 0.4) is 0 Å². The van der Waals surface area contributed by atoms with Gasteiger partial charge in [-0.25, -0.2) is 0 Å². The summed E-state index contributed by atoms with van der Waals surface area (Å²) in [7, 11) is 0. The van der Waals surface area contributed by atoms with Crippen LogP contribution in [0.5, 0.6) is 0 Å². The van der Waals surface area contributed by atoms with E-state index in [4.69, 9.17) is 0 Å². The summed E-state index contributed by atoms with van der Waals surface area (Å²) in [6.45, 7) is 7.99. The van der Waals surface area contributed by atoms with Crippen molar-refractivity contribution in [2.45, 2.75) is 46.1 Å². The number of aromatic nitrogens is 1. The molecule has 96 valence electrons. The highest BCUT2D eigenvalue weighted by Crippen LogP contribution is 2.19. The first-order chi connectivity index (χ1) is 8.29. The van der Waals surface area contributed by atoms with E-state index in [2.05, 4.69) is 28.9 Å². The lowest BCUT2D eigenvalue weighted by atomic mass is 10.1. The second-order valence-corrected chi connectivity index (χ2v) is 4.08. The molecule has 0 amide bonds. The summed E-state index contributed by atoms with van der Waals surface area (Å²) in [5, 5.41) is 9.41. The van der Waals surface area contributed by atoms with Crippen LogP contribution in [-0.4, -0.2) is 29.3 Å². The number of aryl methyl sites for hydroxylation is 1. The summed E-state index contributed by atoms with van der Waals surface area (Å²) < 4.78 is 0. The number of aliphatic hydroxyl groups excluding tert-OH is 1. The summed E-state index contributed by atoms with van der Waals surface area (Å²) in [4.78, 5) is 6.68. The summed E-state index contributed by atoms with van der Waals surface area (Å²) in [6, 6.07) is 4.21. The third-order valence-electron chi connectivity index (χ3n) is 3.00. The Bertz CT molecular complexity index is 303. The molecule has 0 spiro atoms. The van der Waals surface area contributed by atoms with Gasteiger partial charge in [-0.3, -0.25) is 4.98 Å². The lowest BCUT2D eigenvalue weighted by molar-refractivity contribution is 0.145. The third kappa shape index (κ3) is 4.00. The molecule has 0 radical (unpaired) electrons. The minimum atomic E-state index is -0.107. The molecule has 1 aromatic rings. The van der Waals surface area contributed by atoms with Gasteiger partial charge in [-0.1, -0.05) is 20.8 Å². The van der Waals surface area contributed by atoms with Crippen molar-refractivity contribution < 1.29 is 5.11 Å². The smallest absolute Gasteiger partial charge is 0.0574 e. The van der Waals surface area contributed by atoms with Crippen LogP contribution in [0, 0.1) is 0 Å². The van der Waals surface area contributed by atoms with Crippen molar-refractivity contribution in [1.29, 1.82) is 0 Å². The molecule has 1 aliphatic heterocycles. The molecule has 2 rings (SSSR count). The van der Waals surface area contributed by atoms with Crippen molar-refractivity contribution in [3.8, 4) is 0 Å². The maximum Gasteiger partial charge on any atom is 0.0574 e. The van der Waals surface area contributed by atoms with Crippen LogP contribution in [0.1, 0.15) is 39.3 Å². The van der Waals surface area contributed by atoms with Crippen molar-refractivity contribution in [3.05, 3.63) is 24.0 Å².